The highest BCUT2D eigenvalue weighted by molar-refractivity contribution is 5.85. The van der Waals surface area contributed by atoms with E-state index in [1.807, 2.05) is 6.92 Å². The van der Waals surface area contributed by atoms with Gasteiger partial charge in [-0.15, -0.1) is 0 Å². The number of carboxylic acid groups (broad SMARTS) is 1. The maximum atomic E-state index is 11.8. The molecule has 0 aromatic carbocycles. The molecular weight excluding hydrogens is 210 g/mol. The number of aliphatic carboxylic acids is 1. The van der Waals surface area contributed by atoms with Crippen LogP contribution in [0.3, 0.4) is 0 Å². The first kappa shape index (κ1) is 13.0. The van der Waals surface area contributed by atoms with Gasteiger partial charge in [-0.3, -0.25) is 4.79 Å². The second-order valence-electron chi connectivity index (χ2n) is 4.37. The molecule has 0 spiro atoms. The first-order chi connectivity index (χ1) is 7.56. The third kappa shape index (κ3) is 3.20. The normalized spacial score (nSPS) is 26.4. The van der Waals surface area contributed by atoms with Crippen molar-refractivity contribution < 1.29 is 19.4 Å². The Morgan fingerprint density at radius 1 is 1.50 bits per heavy atom. The molecule has 16 heavy (non-hydrogen) atoms. The first-order valence-electron chi connectivity index (χ1n) is 5.58. The molecule has 1 saturated carbocycles. The summed E-state index contributed by atoms with van der Waals surface area (Å²) in [5, 5.41) is 11.4. The average molecular weight is 229 g/mol. The van der Waals surface area contributed by atoms with Gasteiger partial charge in [0.25, 0.3) is 0 Å². The van der Waals surface area contributed by atoms with Crippen molar-refractivity contribution >= 4 is 11.9 Å². The summed E-state index contributed by atoms with van der Waals surface area (Å²) in [4.78, 5) is 22.6. The summed E-state index contributed by atoms with van der Waals surface area (Å²) in [5.41, 5.74) is 0. The second kappa shape index (κ2) is 5.84. The number of carbonyl (C=O) groups is 2. The van der Waals surface area contributed by atoms with Crippen molar-refractivity contribution in [2.24, 2.45) is 11.8 Å². The van der Waals surface area contributed by atoms with E-state index in [1.54, 1.807) is 0 Å². The van der Waals surface area contributed by atoms with Gasteiger partial charge in [-0.2, -0.15) is 0 Å². The van der Waals surface area contributed by atoms with E-state index in [2.05, 4.69) is 5.32 Å². The predicted molar refractivity (Wildman–Crippen MR) is 57.9 cm³/mol. The van der Waals surface area contributed by atoms with Gasteiger partial charge in [-0.25, -0.2) is 4.79 Å². The minimum atomic E-state index is -1.05. The number of ether oxygens (including phenoxy) is 1. The number of methoxy groups -OCH3 is 1. The van der Waals surface area contributed by atoms with Crippen LogP contribution < -0.4 is 5.32 Å². The predicted octanol–water partition coefficient (Wildman–Crippen LogP) is 0.638. The Bertz CT molecular complexity index is 267. The lowest BCUT2D eigenvalue weighted by atomic mass is 9.97. The Balaban J connectivity index is 2.50. The molecular formula is C11H19NO4. The number of carbonyl (C=O) groups excluding carboxylic acids is 1. The zero-order valence-corrected chi connectivity index (χ0v) is 9.73. The summed E-state index contributed by atoms with van der Waals surface area (Å²) in [6, 6.07) is -0.940. The van der Waals surface area contributed by atoms with Crippen molar-refractivity contribution in [3.05, 3.63) is 0 Å². The topological polar surface area (TPSA) is 75.6 Å². The van der Waals surface area contributed by atoms with E-state index in [4.69, 9.17) is 9.84 Å². The van der Waals surface area contributed by atoms with Crippen molar-refractivity contribution in [2.45, 2.75) is 32.2 Å². The van der Waals surface area contributed by atoms with Crippen LogP contribution in [0.2, 0.25) is 0 Å². The van der Waals surface area contributed by atoms with Crippen molar-refractivity contribution in [2.75, 3.05) is 13.7 Å². The molecule has 92 valence electrons. The average Bonchev–Trinajstić information content (AvgIpc) is 2.63. The Hall–Kier alpha value is -1.10. The van der Waals surface area contributed by atoms with E-state index in [1.165, 1.54) is 7.11 Å². The van der Waals surface area contributed by atoms with Gasteiger partial charge in [-0.1, -0.05) is 13.3 Å². The molecule has 0 aromatic heterocycles. The first-order valence-corrected chi connectivity index (χ1v) is 5.58. The van der Waals surface area contributed by atoms with E-state index in [0.29, 0.717) is 5.92 Å². The van der Waals surface area contributed by atoms with Crippen LogP contribution in [0.4, 0.5) is 0 Å². The van der Waals surface area contributed by atoms with Crippen LogP contribution in [0.1, 0.15) is 26.2 Å². The van der Waals surface area contributed by atoms with Crippen molar-refractivity contribution in [3.63, 3.8) is 0 Å². The molecule has 3 atom stereocenters. The number of hydrogen-bond acceptors (Lipinski definition) is 3. The number of hydrogen-bond donors (Lipinski definition) is 2. The maximum absolute atomic E-state index is 11.8. The largest absolute Gasteiger partial charge is 0.480 e. The second-order valence-corrected chi connectivity index (χ2v) is 4.37. The van der Waals surface area contributed by atoms with Gasteiger partial charge >= 0.3 is 5.97 Å². The molecule has 5 nitrogen and oxygen atoms in total. The molecule has 0 heterocycles. The Labute approximate surface area is 95.2 Å². The molecule has 2 N–H and O–H groups in total. The number of rotatable bonds is 5. The van der Waals surface area contributed by atoms with Gasteiger partial charge in [0.05, 0.1) is 6.61 Å². The molecule has 0 aromatic rings. The fraction of sp³-hybridized carbons (Fsp3) is 0.818. The SMILES string of the molecule is COCC(NC(=O)C1CCCC1C)C(=O)O. The zero-order valence-electron chi connectivity index (χ0n) is 9.73. The van der Waals surface area contributed by atoms with E-state index < -0.39 is 12.0 Å². The maximum Gasteiger partial charge on any atom is 0.328 e. The summed E-state index contributed by atoms with van der Waals surface area (Å²) in [6.45, 7) is 2.03. The molecule has 1 aliphatic rings. The van der Waals surface area contributed by atoms with E-state index in [9.17, 15) is 9.59 Å². The lowest BCUT2D eigenvalue weighted by molar-refractivity contribution is -0.144. The fourth-order valence-corrected chi connectivity index (χ4v) is 2.16. The quantitative estimate of drug-likeness (QED) is 0.725. The zero-order chi connectivity index (χ0) is 12.1. The van der Waals surface area contributed by atoms with Crippen LogP contribution in [0.15, 0.2) is 0 Å². The van der Waals surface area contributed by atoms with Crippen LogP contribution in [0, 0.1) is 11.8 Å². The highest BCUT2D eigenvalue weighted by Gasteiger charge is 2.32. The van der Waals surface area contributed by atoms with Crippen molar-refractivity contribution in [3.8, 4) is 0 Å². The van der Waals surface area contributed by atoms with Crippen LogP contribution in [-0.2, 0) is 14.3 Å². The lowest BCUT2D eigenvalue weighted by Gasteiger charge is -2.19. The van der Waals surface area contributed by atoms with Gasteiger partial charge in [0.1, 0.15) is 0 Å². The van der Waals surface area contributed by atoms with E-state index in [0.717, 1.165) is 19.3 Å². The molecule has 1 rings (SSSR count). The summed E-state index contributed by atoms with van der Waals surface area (Å²) in [7, 11) is 1.42. The molecule has 0 bridgehead atoms. The van der Waals surface area contributed by atoms with E-state index in [-0.39, 0.29) is 18.4 Å². The van der Waals surface area contributed by atoms with Crippen LogP contribution >= 0.6 is 0 Å². The summed E-state index contributed by atoms with van der Waals surface area (Å²) >= 11 is 0. The van der Waals surface area contributed by atoms with Gasteiger partial charge in [0, 0.05) is 13.0 Å². The van der Waals surface area contributed by atoms with Crippen molar-refractivity contribution in [1.82, 2.24) is 5.32 Å². The molecule has 0 aliphatic heterocycles. The minimum Gasteiger partial charge on any atom is -0.480 e. The van der Waals surface area contributed by atoms with Crippen LogP contribution in [-0.4, -0.2) is 36.7 Å². The smallest absolute Gasteiger partial charge is 0.328 e. The number of carboxylic acids is 1. The van der Waals surface area contributed by atoms with Gasteiger partial charge < -0.3 is 15.2 Å². The van der Waals surface area contributed by atoms with Crippen LogP contribution in [0.5, 0.6) is 0 Å². The van der Waals surface area contributed by atoms with Crippen molar-refractivity contribution in [1.29, 1.82) is 0 Å². The molecule has 5 heteroatoms. The number of nitrogens with one attached hydrogen (secondary N) is 1. The van der Waals surface area contributed by atoms with Gasteiger partial charge in [-0.05, 0) is 18.8 Å². The molecule has 1 fully saturated rings. The molecule has 1 amide bonds. The molecule has 1 aliphatic carbocycles. The Morgan fingerprint density at radius 3 is 2.62 bits per heavy atom. The number of amides is 1. The molecule has 0 saturated heterocycles. The summed E-state index contributed by atoms with van der Waals surface area (Å²) in [6.07, 6.45) is 2.94. The summed E-state index contributed by atoms with van der Waals surface area (Å²) < 4.78 is 4.76. The standard InChI is InChI=1S/C11H19NO4/c1-7-4-3-5-8(7)10(13)12-9(6-16-2)11(14)15/h7-9H,3-6H2,1-2H3,(H,12,13)(H,14,15). The van der Waals surface area contributed by atoms with Crippen LogP contribution in [0.25, 0.3) is 0 Å². The highest BCUT2D eigenvalue weighted by Crippen LogP contribution is 2.31. The third-order valence-electron chi connectivity index (χ3n) is 3.15. The Kier molecular flexibility index (Phi) is 4.73. The van der Waals surface area contributed by atoms with Gasteiger partial charge in [0.2, 0.25) is 5.91 Å². The van der Waals surface area contributed by atoms with E-state index >= 15 is 0 Å². The minimum absolute atomic E-state index is 0.00216. The summed E-state index contributed by atoms with van der Waals surface area (Å²) in [5.74, 6) is -0.911. The third-order valence-corrected chi connectivity index (χ3v) is 3.15. The fourth-order valence-electron chi connectivity index (χ4n) is 2.16. The molecule has 0 radical (unpaired) electrons. The van der Waals surface area contributed by atoms with Gasteiger partial charge in [0.15, 0.2) is 6.04 Å². The lowest BCUT2D eigenvalue weighted by Crippen LogP contribution is -2.46. The highest BCUT2D eigenvalue weighted by atomic mass is 16.5. The monoisotopic (exact) mass is 229 g/mol. The molecule has 3 unspecified atom stereocenters. The Morgan fingerprint density at radius 2 is 2.19 bits per heavy atom.